The van der Waals surface area contributed by atoms with E-state index in [1.54, 1.807) is 0 Å². The summed E-state index contributed by atoms with van der Waals surface area (Å²) in [6.07, 6.45) is 4.53. The van der Waals surface area contributed by atoms with E-state index in [4.69, 9.17) is 0 Å². The van der Waals surface area contributed by atoms with Crippen LogP contribution in [0.4, 0.5) is 22.7 Å². The summed E-state index contributed by atoms with van der Waals surface area (Å²) in [5.41, 5.74) is 15.6. The Labute approximate surface area is 328 Å². The lowest BCUT2D eigenvalue weighted by molar-refractivity contribution is 0.767. The van der Waals surface area contributed by atoms with Gasteiger partial charge in [-0.15, -0.1) is 0 Å². The molecule has 0 unspecified atom stereocenters. The molecule has 0 fully saturated rings. The highest BCUT2D eigenvalue weighted by Gasteiger charge is 2.25. The number of hydrogen-bond donors (Lipinski definition) is 0. The Balaban J connectivity index is 1.25. The van der Waals surface area contributed by atoms with Crippen molar-refractivity contribution in [1.82, 2.24) is 0 Å². The molecule has 11 rings (SSSR count). The van der Waals surface area contributed by atoms with Crippen LogP contribution in [0.5, 0.6) is 0 Å². The SMILES string of the molecule is c1ccc(-c2c3cc(N4CCCc5ccccc54)ccc3c(-c3ccccc3-c3cccc4ccccc34)c3cc(N4CCCc5ccccc54)ccc23)cc1. The van der Waals surface area contributed by atoms with Gasteiger partial charge < -0.3 is 9.80 Å². The van der Waals surface area contributed by atoms with Crippen molar-refractivity contribution < 1.29 is 0 Å². The van der Waals surface area contributed by atoms with Crippen molar-refractivity contribution in [2.75, 3.05) is 22.9 Å². The minimum atomic E-state index is 1.00. The summed E-state index contributed by atoms with van der Waals surface area (Å²) in [6, 6.07) is 68.2. The van der Waals surface area contributed by atoms with Crippen LogP contribution < -0.4 is 9.80 Å². The second-order valence-electron chi connectivity index (χ2n) is 15.4. The summed E-state index contributed by atoms with van der Waals surface area (Å²) < 4.78 is 0. The Hall–Kier alpha value is -6.64. The average molecular weight is 719 g/mol. The molecular formula is C54H42N2. The molecule has 0 N–H and O–H groups in total. The molecule has 0 amide bonds. The molecule has 2 heterocycles. The summed E-state index contributed by atoms with van der Waals surface area (Å²) in [5, 5.41) is 7.63. The topological polar surface area (TPSA) is 6.48 Å². The molecule has 2 aliphatic heterocycles. The smallest absolute Gasteiger partial charge is 0.0443 e. The predicted octanol–water partition coefficient (Wildman–Crippen LogP) is 14.3. The highest BCUT2D eigenvalue weighted by Crippen LogP contribution is 2.49. The van der Waals surface area contributed by atoms with Crippen molar-refractivity contribution in [2.24, 2.45) is 0 Å². The molecule has 0 radical (unpaired) electrons. The fourth-order valence-corrected chi connectivity index (χ4v) is 9.75. The van der Waals surface area contributed by atoms with Crippen LogP contribution >= 0.6 is 0 Å². The van der Waals surface area contributed by atoms with Crippen LogP contribution in [-0.2, 0) is 12.8 Å². The van der Waals surface area contributed by atoms with Crippen molar-refractivity contribution in [3.8, 4) is 33.4 Å². The first-order valence-electron chi connectivity index (χ1n) is 20.2. The van der Waals surface area contributed by atoms with Crippen molar-refractivity contribution in [3.63, 3.8) is 0 Å². The zero-order valence-corrected chi connectivity index (χ0v) is 31.5. The van der Waals surface area contributed by atoms with E-state index in [-0.39, 0.29) is 0 Å². The van der Waals surface area contributed by atoms with Gasteiger partial charge in [0.1, 0.15) is 0 Å². The van der Waals surface area contributed by atoms with Crippen LogP contribution in [0.2, 0.25) is 0 Å². The minimum absolute atomic E-state index is 1.00. The van der Waals surface area contributed by atoms with Crippen LogP contribution in [0.1, 0.15) is 24.0 Å². The molecule has 0 spiro atoms. The Morgan fingerprint density at radius 1 is 0.339 bits per heavy atom. The summed E-state index contributed by atoms with van der Waals surface area (Å²) in [7, 11) is 0. The van der Waals surface area contributed by atoms with E-state index in [2.05, 4.69) is 192 Å². The number of rotatable bonds is 5. The second-order valence-corrected chi connectivity index (χ2v) is 15.4. The van der Waals surface area contributed by atoms with Crippen molar-refractivity contribution in [2.45, 2.75) is 25.7 Å². The van der Waals surface area contributed by atoms with E-state index in [0.29, 0.717) is 0 Å². The molecule has 0 saturated carbocycles. The third kappa shape index (κ3) is 5.39. The average Bonchev–Trinajstić information content (AvgIpc) is 3.27. The molecular weight excluding hydrogens is 677 g/mol. The monoisotopic (exact) mass is 718 g/mol. The van der Waals surface area contributed by atoms with Gasteiger partial charge >= 0.3 is 0 Å². The lowest BCUT2D eigenvalue weighted by Crippen LogP contribution is -2.24. The largest absolute Gasteiger partial charge is 0.341 e. The molecule has 56 heavy (non-hydrogen) atoms. The number of anilines is 4. The van der Waals surface area contributed by atoms with E-state index in [1.807, 2.05) is 0 Å². The van der Waals surface area contributed by atoms with Gasteiger partial charge in [0.25, 0.3) is 0 Å². The van der Waals surface area contributed by atoms with Crippen molar-refractivity contribution in [3.05, 3.63) is 193 Å². The zero-order valence-electron chi connectivity index (χ0n) is 31.5. The third-order valence-corrected chi connectivity index (χ3v) is 12.3. The number of nitrogens with zero attached hydrogens (tertiary/aromatic N) is 2. The maximum atomic E-state index is 2.54. The van der Waals surface area contributed by atoms with Crippen molar-refractivity contribution >= 4 is 55.1 Å². The highest BCUT2D eigenvalue weighted by molar-refractivity contribution is 6.24. The Morgan fingerprint density at radius 2 is 0.857 bits per heavy atom. The number of aryl methyl sites for hydroxylation is 2. The lowest BCUT2D eigenvalue weighted by atomic mass is 9.82. The van der Waals surface area contributed by atoms with Crippen LogP contribution in [0, 0.1) is 0 Å². The fourth-order valence-electron chi connectivity index (χ4n) is 9.75. The molecule has 9 aromatic carbocycles. The highest BCUT2D eigenvalue weighted by atomic mass is 15.1. The maximum absolute atomic E-state index is 2.54. The number of benzene rings is 9. The standard InChI is InChI=1S/C54H42N2/c1-2-18-40(19-3-1)53-47-31-29-42(56-34-14-22-39-17-6-11-28-52(39)56)36-50(47)54(46-25-9-8-24-45(46)44-26-12-20-37-15-4-7-23-43(37)44)48-32-30-41(35-49(48)53)55-33-13-21-38-16-5-10-27-51(38)55/h1-12,15-20,23-32,35-36H,13-14,21-22,33-34H2. The lowest BCUT2D eigenvalue weighted by Gasteiger charge is -2.32. The van der Waals surface area contributed by atoms with Crippen molar-refractivity contribution in [1.29, 1.82) is 0 Å². The van der Waals surface area contributed by atoms with Crippen LogP contribution in [0.25, 0.3) is 65.7 Å². The van der Waals surface area contributed by atoms with Gasteiger partial charge in [0.2, 0.25) is 0 Å². The van der Waals surface area contributed by atoms with E-state index in [0.717, 1.165) is 38.8 Å². The first-order valence-corrected chi connectivity index (χ1v) is 20.2. The van der Waals surface area contributed by atoms with Gasteiger partial charge in [0.15, 0.2) is 0 Å². The zero-order chi connectivity index (χ0) is 37.0. The van der Waals surface area contributed by atoms with Gasteiger partial charge in [-0.05, 0) is 139 Å². The van der Waals surface area contributed by atoms with Gasteiger partial charge in [0, 0.05) is 35.8 Å². The number of hydrogen-bond acceptors (Lipinski definition) is 2. The predicted molar refractivity (Wildman–Crippen MR) is 239 cm³/mol. The van der Waals surface area contributed by atoms with Gasteiger partial charge in [-0.3, -0.25) is 0 Å². The molecule has 2 aliphatic rings. The van der Waals surface area contributed by atoms with E-state index >= 15 is 0 Å². The molecule has 0 saturated heterocycles. The van der Waals surface area contributed by atoms with Crippen LogP contribution in [0.15, 0.2) is 182 Å². The molecule has 0 atom stereocenters. The summed E-state index contributed by atoms with van der Waals surface area (Å²) in [4.78, 5) is 5.08. The minimum Gasteiger partial charge on any atom is -0.341 e. The van der Waals surface area contributed by atoms with Gasteiger partial charge in [-0.2, -0.15) is 0 Å². The quantitative estimate of drug-likeness (QED) is 0.164. The number of para-hydroxylation sites is 2. The molecule has 2 nitrogen and oxygen atoms in total. The molecule has 268 valence electrons. The Bertz CT molecular complexity index is 2940. The van der Waals surface area contributed by atoms with Crippen LogP contribution in [0.3, 0.4) is 0 Å². The van der Waals surface area contributed by atoms with Crippen LogP contribution in [-0.4, -0.2) is 13.1 Å². The fraction of sp³-hybridized carbons (Fsp3) is 0.111. The Morgan fingerprint density at radius 3 is 1.55 bits per heavy atom. The summed E-state index contributed by atoms with van der Waals surface area (Å²) in [5.74, 6) is 0. The van der Waals surface area contributed by atoms with E-state index in [1.165, 1.54) is 99.6 Å². The molecule has 0 aromatic heterocycles. The molecule has 0 bridgehead atoms. The number of fused-ring (bicyclic) bond motifs is 5. The third-order valence-electron chi connectivity index (χ3n) is 12.3. The maximum Gasteiger partial charge on any atom is 0.0443 e. The summed E-state index contributed by atoms with van der Waals surface area (Å²) in [6.45, 7) is 2.01. The normalized spacial score (nSPS) is 13.9. The molecule has 2 heteroatoms. The first kappa shape index (κ1) is 32.8. The van der Waals surface area contributed by atoms with E-state index in [9.17, 15) is 0 Å². The van der Waals surface area contributed by atoms with E-state index < -0.39 is 0 Å². The molecule has 9 aromatic rings. The van der Waals surface area contributed by atoms with Gasteiger partial charge in [0.05, 0.1) is 0 Å². The second kappa shape index (κ2) is 13.6. The first-order chi connectivity index (χ1) is 27.8. The van der Waals surface area contributed by atoms with Gasteiger partial charge in [-0.1, -0.05) is 146 Å². The molecule has 0 aliphatic carbocycles. The Kier molecular flexibility index (Phi) is 7.95. The van der Waals surface area contributed by atoms with Gasteiger partial charge in [-0.25, -0.2) is 0 Å². The summed E-state index contributed by atoms with van der Waals surface area (Å²) >= 11 is 0.